The zero-order chi connectivity index (χ0) is 16.8. The number of benzene rings is 2. The van der Waals surface area contributed by atoms with Gasteiger partial charge in [0.15, 0.2) is 4.96 Å². The van der Waals surface area contributed by atoms with Gasteiger partial charge >= 0.3 is 0 Å². The Balaban J connectivity index is 0.00000121. The van der Waals surface area contributed by atoms with E-state index < -0.39 is 0 Å². The van der Waals surface area contributed by atoms with Crippen LogP contribution in [0, 0.1) is 6.92 Å². The predicted octanol–water partition coefficient (Wildman–Crippen LogP) is 4.56. The number of imidazole rings is 1. The normalized spacial score (nSPS) is 10.4. The van der Waals surface area contributed by atoms with Crippen molar-refractivity contribution in [3.63, 3.8) is 0 Å². The highest BCUT2D eigenvalue weighted by Gasteiger charge is 2.22. The smallest absolute Gasteiger partial charge is 0.270 e. The lowest BCUT2D eigenvalue weighted by molar-refractivity contribution is 0.0996. The average molecular weight is 409 g/mol. The van der Waals surface area contributed by atoms with Gasteiger partial charge in [-0.3, -0.25) is 9.20 Å². The van der Waals surface area contributed by atoms with Gasteiger partial charge < -0.3 is 10.6 Å². The summed E-state index contributed by atoms with van der Waals surface area (Å²) >= 11 is 1.41. The number of hydrogen-bond acceptors (Lipinski definition) is 4. The fourth-order valence-electron chi connectivity index (χ4n) is 2.85. The van der Waals surface area contributed by atoms with E-state index in [2.05, 4.69) is 4.98 Å². The third-order valence-corrected chi connectivity index (χ3v) is 5.28. The van der Waals surface area contributed by atoms with E-state index in [0.717, 1.165) is 27.4 Å². The van der Waals surface area contributed by atoms with Gasteiger partial charge in [-0.05, 0) is 37.3 Å². The molecule has 136 valence electrons. The molecule has 0 fully saturated rings. The standard InChI is InChI=1S/C18H16N4OS.2ClH/c1-11-16(17(23)21(2)13-6-4-3-5-7-13)24-18-20-14-9-8-12(19)10-15(14)22(11)18;;/h3-10H,19H2,1-2H3;2*1H. The van der Waals surface area contributed by atoms with Crippen molar-refractivity contribution in [3.8, 4) is 0 Å². The Hall–Kier alpha value is -2.28. The third kappa shape index (κ3) is 3.11. The van der Waals surface area contributed by atoms with Crippen molar-refractivity contribution in [2.24, 2.45) is 0 Å². The maximum Gasteiger partial charge on any atom is 0.270 e. The van der Waals surface area contributed by atoms with Crippen LogP contribution in [0.15, 0.2) is 48.5 Å². The van der Waals surface area contributed by atoms with Crippen LogP contribution in [0.4, 0.5) is 11.4 Å². The molecule has 0 aliphatic heterocycles. The van der Waals surface area contributed by atoms with Crippen molar-refractivity contribution >= 4 is 69.4 Å². The number of nitrogens with two attached hydrogens (primary N) is 1. The summed E-state index contributed by atoms with van der Waals surface area (Å²) in [6, 6.07) is 15.2. The van der Waals surface area contributed by atoms with E-state index in [1.165, 1.54) is 11.3 Å². The molecule has 0 unspecified atom stereocenters. The van der Waals surface area contributed by atoms with Crippen molar-refractivity contribution in [2.75, 3.05) is 17.7 Å². The van der Waals surface area contributed by atoms with E-state index in [9.17, 15) is 4.79 Å². The molecule has 2 aromatic heterocycles. The van der Waals surface area contributed by atoms with Crippen LogP contribution < -0.4 is 10.6 Å². The number of nitrogen functional groups attached to an aromatic ring is 1. The molecule has 5 nitrogen and oxygen atoms in total. The topological polar surface area (TPSA) is 63.6 Å². The Morgan fingerprint density at radius 3 is 2.54 bits per heavy atom. The first-order valence-electron chi connectivity index (χ1n) is 7.56. The Bertz CT molecular complexity index is 1080. The largest absolute Gasteiger partial charge is 0.399 e. The zero-order valence-corrected chi connectivity index (χ0v) is 16.6. The zero-order valence-electron chi connectivity index (χ0n) is 14.2. The molecule has 2 N–H and O–H groups in total. The molecule has 0 saturated carbocycles. The summed E-state index contributed by atoms with van der Waals surface area (Å²) in [5, 5.41) is 0. The lowest BCUT2D eigenvalue weighted by Gasteiger charge is -2.16. The molecule has 8 heteroatoms. The highest BCUT2D eigenvalue weighted by atomic mass is 35.5. The second kappa shape index (κ2) is 7.53. The van der Waals surface area contributed by atoms with Crippen molar-refractivity contribution in [1.29, 1.82) is 0 Å². The number of carbonyl (C=O) groups excluding carboxylic acids is 1. The van der Waals surface area contributed by atoms with Crippen molar-refractivity contribution < 1.29 is 4.79 Å². The van der Waals surface area contributed by atoms with Gasteiger partial charge in [0.1, 0.15) is 4.88 Å². The minimum atomic E-state index is -0.0359. The van der Waals surface area contributed by atoms with Gasteiger partial charge in [-0.1, -0.05) is 29.5 Å². The third-order valence-electron chi connectivity index (χ3n) is 4.15. The number of fused-ring (bicyclic) bond motifs is 3. The van der Waals surface area contributed by atoms with Crippen molar-refractivity contribution in [1.82, 2.24) is 9.38 Å². The Morgan fingerprint density at radius 1 is 1.15 bits per heavy atom. The molecule has 2 aromatic carbocycles. The van der Waals surface area contributed by atoms with E-state index in [4.69, 9.17) is 5.73 Å². The fraction of sp³-hybridized carbons (Fsp3) is 0.111. The van der Waals surface area contributed by atoms with E-state index in [0.29, 0.717) is 10.6 Å². The number of rotatable bonds is 2. The van der Waals surface area contributed by atoms with Gasteiger partial charge in [0.05, 0.1) is 11.0 Å². The quantitative estimate of drug-likeness (QED) is 0.494. The lowest BCUT2D eigenvalue weighted by Crippen LogP contribution is -2.26. The van der Waals surface area contributed by atoms with Crippen LogP contribution in [-0.4, -0.2) is 22.3 Å². The first-order valence-corrected chi connectivity index (χ1v) is 8.38. The fourth-order valence-corrected chi connectivity index (χ4v) is 3.97. The molecular formula is C18H18Cl2N4OS. The number of hydrogen-bond donors (Lipinski definition) is 1. The van der Waals surface area contributed by atoms with Gasteiger partial charge in [0.25, 0.3) is 5.91 Å². The van der Waals surface area contributed by atoms with Gasteiger partial charge in [-0.2, -0.15) is 0 Å². The Morgan fingerprint density at radius 2 is 1.85 bits per heavy atom. The molecule has 26 heavy (non-hydrogen) atoms. The summed E-state index contributed by atoms with van der Waals surface area (Å²) < 4.78 is 2.00. The predicted molar refractivity (Wildman–Crippen MR) is 113 cm³/mol. The van der Waals surface area contributed by atoms with Crippen LogP contribution in [0.2, 0.25) is 0 Å². The average Bonchev–Trinajstić information content (AvgIpc) is 3.11. The molecule has 0 saturated heterocycles. The van der Waals surface area contributed by atoms with Gasteiger partial charge in [0.2, 0.25) is 0 Å². The maximum absolute atomic E-state index is 12.9. The molecule has 0 spiro atoms. The van der Waals surface area contributed by atoms with Gasteiger partial charge in [-0.15, -0.1) is 24.8 Å². The second-order valence-corrected chi connectivity index (χ2v) is 6.67. The van der Waals surface area contributed by atoms with Crippen molar-refractivity contribution in [3.05, 3.63) is 59.1 Å². The minimum Gasteiger partial charge on any atom is -0.399 e. The summed E-state index contributed by atoms with van der Waals surface area (Å²) in [6.07, 6.45) is 0. The number of halogens is 2. The van der Waals surface area contributed by atoms with Crippen LogP contribution in [0.25, 0.3) is 16.0 Å². The van der Waals surface area contributed by atoms with Gasteiger partial charge in [-0.25, -0.2) is 4.98 Å². The number of aryl methyl sites for hydroxylation is 1. The van der Waals surface area contributed by atoms with Crippen LogP contribution >= 0.6 is 36.2 Å². The number of aromatic nitrogens is 2. The summed E-state index contributed by atoms with van der Waals surface area (Å²) in [7, 11) is 1.79. The van der Waals surface area contributed by atoms with E-state index in [-0.39, 0.29) is 30.7 Å². The highest BCUT2D eigenvalue weighted by Crippen LogP contribution is 2.30. The van der Waals surface area contributed by atoms with Crippen LogP contribution in [0.5, 0.6) is 0 Å². The second-order valence-electron chi connectivity index (χ2n) is 5.69. The van der Waals surface area contributed by atoms with Gasteiger partial charge in [0, 0.05) is 24.1 Å². The molecule has 0 aliphatic carbocycles. The first kappa shape index (κ1) is 20.0. The summed E-state index contributed by atoms with van der Waals surface area (Å²) in [6.45, 7) is 1.94. The number of nitrogens with zero attached hydrogens (tertiary/aromatic N) is 3. The summed E-state index contributed by atoms with van der Waals surface area (Å²) in [4.78, 5) is 20.7. The molecule has 0 bridgehead atoms. The number of anilines is 2. The highest BCUT2D eigenvalue weighted by molar-refractivity contribution is 7.19. The van der Waals surface area contributed by atoms with E-state index >= 15 is 0 Å². The van der Waals surface area contributed by atoms with E-state index in [1.807, 2.05) is 59.9 Å². The minimum absolute atomic E-state index is 0. The number of amides is 1. The molecule has 0 radical (unpaired) electrons. The molecule has 2 heterocycles. The molecule has 0 aliphatic rings. The number of para-hydroxylation sites is 1. The molecule has 0 atom stereocenters. The van der Waals surface area contributed by atoms with E-state index in [1.54, 1.807) is 11.9 Å². The first-order chi connectivity index (χ1) is 11.6. The Labute approximate surface area is 167 Å². The van der Waals surface area contributed by atoms with Crippen LogP contribution in [0.3, 0.4) is 0 Å². The van der Waals surface area contributed by atoms with Crippen LogP contribution in [-0.2, 0) is 0 Å². The molecule has 4 rings (SSSR count). The van der Waals surface area contributed by atoms with Crippen molar-refractivity contribution in [2.45, 2.75) is 6.92 Å². The summed E-state index contributed by atoms with van der Waals surface area (Å²) in [5.41, 5.74) is 10.1. The van der Waals surface area contributed by atoms with Crippen LogP contribution in [0.1, 0.15) is 15.4 Å². The summed E-state index contributed by atoms with van der Waals surface area (Å²) in [5.74, 6) is -0.0359. The molecular weight excluding hydrogens is 391 g/mol. The monoisotopic (exact) mass is 408 g/mol. The SMILES string of the molecule is Cc1c(C(=O)N(C)c2ccccc2)sc2nc3ccc(N)cc3n12.Cl.Cl. The Kier molecular flexibility index (Phi) is 5.81. The molecule has 4 aromatic rings. The number of carbonyl (C=O) groups is 1. The maximum atomic E-state index is 12.9. The molecule has 1 amide bonds. The lowest BCUT2D eigenvalue weighted by atomic mass is 10.2. The number of thiazole rings is 1.